The lowest BCUT2D eigenvalue weighted by atomic mass is 9.89. The molecule has 0 saturated carbocycles. The molecule has 1 heteroatoms. The first-order valence-electron chi connectivity index (χ1n) is 7.82. The molecule has 104 valence electrons. The molecule has 17 heavy (non-hydrogen) atoms. The van der Waals surface area contributed by atoms with E-state index in [1.165, 1.54) is 64.3 Å². The quantitative estimate of drug-likeness (QED) is 0.447. The van der Waals surface area contributed by atoms with E-state index in [1.54, 1.807) is 0 Å². The first kappa shape index (κ1) is 17.0. The van der Waals surface area contributed by atoms with Gasteiger partial charge in [-0.25, -0.2) is 0 Å². The summed E-state index contributed by atoms with van der Waals surface area (Å²) in [7, 11) is 2.32. The average Bonchev–Trinajstić information content (AvgIpc) is 2.29. The lowest BCUT2D eigenvalue weighted by Crippen LogP contribution is -2.44. The molecule has 0 aliphatic rings. The molecule has 0 aromatic heterocycles. The summed E-state index contributed by atoms with van der Waals surface area (Å²) in [5.41, 5.74) is 0.439. The molecular weight excluding hydrogens is 206 g/mol. The molecule has 0 radical (unpaired) electrons. The van der Waals surface area contributed by atoms with Crippen LogP contribution in [0.5, 0.6) is 0 Å². The van der Waals surface area contributed by atoms with Gasteiger partial charge in [-0.2, -0.15) is 0 Å². The number of nitrogens with zero attached hydrogens (tertiary/aromatic N) is 1. The van der Waals surface area contributed by atoms with Gasteiger partial charge in [-0.3, -0.25) is 0 Å². The highest BCUT2D eigenvalue weighted by Gasteiger charge is 2.26. The molecule has 0 N–H and O–H groups in total. The zero-order valence-electron chi connectivity index (χ0n) is 13.0. The lowest BCUT2D eigenvalue weighted by Gasteiger charge is -2.39. The second-order valence-electron chi connectivity index (χ2n) is 5.83. The Morgan fingerprint density at radius 3 is 1.76 bits per heavy atom. The Morgan fingerprint density at radius 2 is 1.29 bits per heavy atom. The Labute approximate surface area is 110 Å². The maximum Gasteiger partial charge on any atom is 0.0178 e. The molecule has 0 atom stereocenters. The topological polar surface area (TPSA) is 3.24 Å². The van der Waals surface area contributed by atoms with Crippen LogP contribution in [0.15, 0.2) is 0 Å². The maximum absolute atomic E-state index is 2.62. The summed E-state index contributed by atoms with van der Waals surface area (Å²) in [5.74, 6) is 0. The van der Waals surface area contributed by atoms with Crippen LogP contribution in [-0.2, 0) is 0 Å². The lowest BCUT2D eigenvalue weighted by molar-refractivity contribution is 0.111. The third kappa shape index (κ3) is 7.08. The van der Waals surface area contributed by atoms with Crippen LogP contribution < -0.4 is 0 Å². The molecule has 1 nitrogen and oxygen atoms in total. The van der Waals surface area contributed by atoms with Crippen LogP contribution in [0.25, 0.3) is 0 Å². The zero-order valence-corrected chi connectivity index (χ0v) is 13.0. The van der Waals surface area contributed by atoms with E-state index < -0.39 is 0 Å². The maximum atomic E-state index is 2.62. The molecule has 0 saturated heterocycles. The second-order valence-corrected chi connectivity index (χ2v) is 5.83. The molecule has 0 amide bonds. The number of rotatable bonds is 11. The van der Waals surface area contributed by atoms with E-state index >= 15 is 0 Å². The van der Waals surface area contributed by atoms with Crippen molar-refractivity contribution in [2.75, 3.05) is 13.6 Å². The van der Waals surface area contributed by atoms with E-state index in [0.29, 0.717) is 5.54 Å². The van der Waals surface area contributed by atoms with Crippen molar-refractivity contribution in [1.29, 1.82) is 0 Å². The molecule has 0 aromatic carbocycles. The molecule has 0 rings (SSSR count). The standard InChI is InChI=1S/C16H35N/c1-6-9-10-11-12-15-17(5)16(4,13-7-2)14-8-3/h6-15H2,1-5H3. The van der Waals surface area contributed by atoms with Gasteiger partial charge in [-0.1, -0.05) is 59.3 Å². The van der Waals surface area contributed by atoms with E-state index in [4.69, 9.17) is 0 Å². The normalized spacial score (nSPS) is 12.4. The van der Waals surface area contributed by atoms with E-state index in [-0.39, 0.29) is 0 Å². The van der Waals surface area contributed by atoms with Gasteiger partial charge in [0.05, 0.1) is 0 Å². The first-order valence-corrected chi connectivity index (χ1v) is 7.82. The van der Waals surface area contributed by atoms with Crippen LogP contribution in [0, 0.1) is 0 Å². The largest absolute Gasteiger partial charge is 0.301 e. The summed E-state index contributed by atoms with van der Waals surface area (Å²) in [6.45, 7) is 10.6. The molecule has 0 heterocycles. The molecular formula is C16H35N. The fraction of sp³-hybridized carbons (Fsp3) is 1.00. The van der Waals surface area contributed by atoms with Gasteiger partial charge in [0, 0.05) is 5.54 Å². The van der Waals surface area contributed by atoms with Crippen LogP contribution in [0.1, 0.15) is 85.5 Å². The van der Waals surface area contributed by atoms with Crippen molar-refractivity contribution in [1.82, 2.24) is 4.90 Å². The molecule has 0 aromatic rings. The molecule has 0 aliphatic heterocycles. The molecule has 0 unspecified atom stereocenters. The predicted molar refractivity (Wildman–Crippen MR) is 79.6 cm³/mol. The van der Waals surface area contributed by atoms with E-state index in [9.17, 15) is 0 Å². The van der Waals surface area contributed by atoms with Gasteiger partial charge in [0.1, 0.15) is 0 Å². The van der Waals surface area contributed by atoms with Crippen LogP contribution in [0.4, 0.5) is 0 Å². The molecule has 0 fully saturated rings. The fourth-order valence-corrected chi connectivity index (χ4v) is 2.81. The smallest absolute Gasteiger partial charge is 0.0178 e. The van der Waals surface area contributed by atoms with Crippen LogP contribution in [-0.4, -0.2) is 24.0 Å². The van der Waals surface area contributed by atoms with Gasteiger partial charge in [0.2, 0.25) is 0 Å². The Balaban J connectivity index is 3.92. The van der Waals surface area contributed by atoms with Crippen LogP contribution in [0.3, 0.4) is 0 Å². The Bertz CT molecular complexity index is 159. The Morgan fingerprint density at radius 1 is 0.765 bits per heavy atom. The summed E-state index contributed by atoms with van der Waals surface area (Å²) < 4.78 is 0. The zero-order chi connectivity index (χ0) is 13.1. The van der Waals surface area contributed by atoms with E-state index in [0.717, 1.165) is 0 Å². The predicted octanol–water partition coefficient (Wildman–Crippen LogP) is 5.25. The van der Waals surface area contributed by atoms with Crippen molar-refractivity contribution in [3.05, 3.63) is 0 Å². The van der Waals surface area contributed by atoms with Crippen LogP contribution >= 0.6 is 0 Å². The van der Waals surface area contributed by atoms with Crippen molar-refractivity contribution < 1.29 is 0 Å². The summed E-state index contributed by atoms with van der Waals surface area (Å²) in [6.07, 6.45) is 12.2. The highest BCUT2D eigenvalue weighted by Crippen LogP contribution is 2.26. The van der Waals surface area contributed by atoms with Gasteiger partial charge >= 0.3 is 0 Å². The highest BCUT2D eigenvalue weighted by atomic mass is 15.2. The van der Waals surface area contributed by atoms with Gasteiger partial charge in [0.15, 0.2) is 0 Å². The minimum absolute atomic E-state index is 0.439. The fourth-order valence-electron chi connectivity index (χ4n) is 2.81. The van der Waals surface area contributed by atoms with Crippen LogP contribution in [0.2, 0.25) is 0 Å². The highest BCUT2D eigenvalue weighted by molar-refractivity contribution is 4.83. The van der Waals surface area contributed by atoms with Crippen molar-refractivity contribution >= 4 is 0 Å². The summed E-state index contributed by atoms with van der Waals surface area (Å²) in [5, 5.41) is 0. The second kappa shape index (κ2) is 9.94. The Kier molecular flexibility index (Phi) is 9.91. The summed E-state index contributed by atoms with van der Waals surface area (Å²) >= 11 is 0. The monoisotopic (exact) mass is 241 g/mol. The Hall–Kier alpha value is -0.0400. The van der Waals surface area contributed by atoms with Gasteiger partial charge in [0.25, 0.3) is 0 Å². The number of hydrogen-bond acceptors (Lipinski definition) is 1. The summed E-state index contributed by atoms with van der Waals surface area (Å²) in [4.78, 5) is 2.62. The number of hydrogen-bond donors (Lipinski definition) is 0. The molecule has 0 spiro atoms. The summed E-state index contributed by atoms with van der Waals surface area (Å²) in [6, 6.07) is 0. The third-order valence-electron chi connectivity index (χ3n) is 4.10. The van der Waals surface area contributed by atoms with Gasteiger partial charge in [-0.15, -0.1) is 0 Å². The van der Waals surface area contributed by atoms with E-state index in [1.807, 2.05) is 0 Å². The van der Waals surface area contributed by atoms with Gasteiger partial charge in [-0.05, 0) is 39.8 Å². The van der Waals surface area contributed by atoms with Crippen molar-refractivity contribution in [2.45, 2.75) is 91.0 Å². The SMILES string of the molecule is CCCCCCCN(C)C(C)(CCC)CCC. The average molecular weight is 241 g/mol. The molecule has 0 bridgehead atoms. The van der Waals surface area contributed by atoms with Gasteiger partial charge < -0.3 is 4.90 Å². The first-order chi connectivity index (χ1) is 8.10. The van der Waals surface area contributed by atoms with E-state index in [2.05, 4.69) is 39.6 Å². The number of unbranched alkanes of at least 4 members (excludes halogenated alkanes) is 4. The van der Waals surface area contributed by atoms with Crippen molar-refractivity contribution in [3.63, 3.8) is 0 Å². The minimum Gasteiger partial charge on any atom is -0.301 e. The minimum atomic E-state index is 0.439. The third-order valence-corrected chi connectivity index (χ3v) is 4.10. The van der Waals surface area contributed by atoms with Crippen molar-refractivity contribution in [2.24, 2.45) is 0 Å². The van der Waals surface area contributed by atoms with Crippen molar-refractivity contribution in [3.8, 4) is 0 Å². The molecule has 0 aliphatic carbocycles.